The molecule has 0 bridgehead atoms. The van der Waals surface area contributed by atoms with Gasteiger partial charge in [0.25, 0.3) is 0 Å². The Balaban J connectivity index is 1.92. The van der Waals surface area contributed by atoms with Crippen molar-refractivity contribution in [3.63, 3.8) is 0 Å². The molecular weight excluding hydrogens is 374 g/mol. The van der Waals surface area contributed by atoms with E-state index < -0.39 is 0 Å². The minimum absolute atomic E-state index is 0.0420. The Morgan fingerprint density at radius 3 is 1.92 bits per heavy atom. The molecule has 0 saturated heterocycles. The summed E-state index contributed by atoms with van der Waals surface area (Å²) < 4.78 is 6.26. The van der Waals surface area contributed by atoms with Crippen LogP contribution in [0.2, 0.25) is 0 Å². The van der Waals surface area contributed by atoms with Crippen LogP contribution in [0.4, 0.5) is 0 Å². The van der Waals surface area contributed by atoms with E-state index in [1.165, 1.54) is 0 Å². The molecule has 0 aliphatic carbocycles. The lowest BCUT2D eigenvalue weighted by atomic mass is 10.2. The van der Waals surface area contributed by atoms with Crippen molar-refractivity contribution in [1.29, 1.82) is 0 Å². The number of aliphatic hydroxyl groups is 1. The summed E-state index contributed by atoms with van der Waals surface area (Å²) in [5, 5.41) is 18.6. The van der Waals surface area contributed by atoms with E-state index in [2.05, 4.69) is 30.9 Å². The van der Waals surface area contributed by atoms with Crippen LogP contribution in [0.5, 0.6) is 11.8 Å². The number of aliphatic hydroxyl groups excluding tert-OH is 1. The van der Waals surface area contributed by atoms with Gasteiger partial charge < -0.3 is 14.9 Å². The zero-order valence-corrected chi connectivity index (χ0v) is 14.1. The lowest BCUT2D eigenvalue weighted by molar-refractivity contribution is 0.201. The zero-order valence-electron chi connectivity index (χ0n) is 12.6. The maximum atomic E-state index is 9.82. The van der Waals surface area contributed by atoms with E-state index in [1.807, 2.05) is 24.3 Å². The van der Waals surface area contributed by atoms with Gasteiger partial charge >= 0.3 is 6.01 Å². The van der Waals surface area contributed by atoms with Gasteiger partial charge in [-0.1, -0.05) is 28.1 Å². The molecule has 0 fully saturated rings. The van der Waals surface area contributed by atoms with E-state index in [1.54, 1.807) is 24.3 Å². The maximum Gasteiger partial charge on any atom is 0.318 e. The molecular formula is C17H14BrN3O3. The van der Waals surface area contributed by atoms with Crippen molar-refractivity contribution < 1.29 is 14.9 Å². The third-order valence-electron chi connectivity index (χ3n) is 3.20. The molecule has 1 aromatic heterocycles. The molecule has 0 radical (unpaired) electrons. The number of aromatic hydroxyl groups is 1. The van der Waals surface area contributed by atoms with E-state index in [0.717, 1.165) is 15.6 Å². The van der Waals surface area contributed by atoms with Gasteiger partial charge in [-0.3, -0.25) is 0 Å². The minimum atomic E-state index is -0.335. The molecule has 0 saturated carbocycles. The van der Waals surface area contributed by atoms with Gasteiger partial charge in [-0.05, 0) is 36.4 Å². The molecule has 1 heterocycles. The SMILES string of the molecule is OCCOc1ccc(-c2nc(O)nc(-c3ccc(Br)cc3)n2)cc1. The quantitative estimate of drug-likeness (QED) is 0.699. The molecule has 0 amide bonds. The molecule has 0 aliphatic heterocycles. The topological polar surface area (TPSA) is 88.4 Å². The third kappa shape index (κ3) is 3.87. The highest BCUT2D eigenvalue weighted by atomic mass is 79.9. The maximum absolute atomic E-state index is 9.82. The Morgan fingerprint density at radius 2 is 1.38 bits per heavy atom. The zero-order chi connectivity index (χ0) is 16.9. The minimum Gasteiger partial charge on any atom is -0.491 e. The highest BCUT2D eigenvalue weighted by Gasteiger charge is 2.10. The van der Waals surface area contributed by atoms with E-state index in [-0.39, 0.29) is 19.2 Å². The molecule has 6 nitrogen and oxygen atoms in total. The summed E-state index contributed by atoms with van der Waals surface area (Å²) >= 11 is 3.38. The lowest BCUT2D eigenvalue weighted by Gasteiger charge is -2.07. The molecule has 24 heavy (non-hydrogen) atoms. The average molecular weight is 388 g/mol. The average Bonchev–Trinajstić information content (AvgIpc) is 2.60. The summed E-state index contributed by atoms with van der Waals surface area (Å²) in [6.07, 6.45) is 0. The predicted octanol–water partition coefficient (Wildman–Crippen LogP) is 3.04. The van der Waals surface area contributed by atoms with Crippen LogP contribution in [0.1, 0.15) is 0 Å². The van der Waals surface area contributed by atoms with Crippen LogP contribution in [-0.2, 0) is 0 Å². The molecule has 0 atom stereocenters. The van der Waals surface area contributed by atoms with E-state index in [4.69, 9.17) is 9.84 Å². The smallest absolute Gasteiger partial charge is 0.318 e. The van der Waals surface area contributed by atoms with Gasteiger partial charge in [-0.2, -0.15) is 9.97 Å². The van der Waals surface area contributed by atoms with E-state index >= 15 is 0 Å². The van der Waals surface area contributed by atoms with Gasteiger partial charge in [-0.15, -0.1) is 0 Å². The number of aromatic nitrogens is 3. The Labute approximate surface area is 147 Å². The second-order valence-electron chi connectivity index (χ2n) is 4.89. The van der Waals surface area contributed by atoms with E-state index in [0.29, 0.717) is 17.4 Å². The van der Waals surface area contributed by atoms with Crippen molar-refractivity contribution in [3.05, 3.63) is 53.0 Å². The first-order chi connectivity index (χ1) is 11.7. The summed E-state index contributed by atoms with van der Waals surface area (Å²) in [6.45, 7) is 0.194. The number of nitrogens with zero attached hydrogens (tertiary/aromatic N) is 3. The van der Waals surface area contributed by atoms with Crippen LogP contribution < -0.4 is 4.74 Å². The third-order valence-corrected chi connectivity index (χ3v) is 3.73. The van der Waals surface area contributed by atoms with Crippen molar-refractivity contribution in [1.82, 2.24) is 15.0 Å². The fraction of sp³-hybridized carbons (Fsp3) is 0.118. The van der Waals surface area contributed by atoms with Crippen molar-refractivity contribution in [2.24, 2.45) is 0 Å². The highest BCUT2D eigenvalue weighted by molar-refractivity contribution is 9.10. The summed E-state index contributed by atoms with van der Waals surface area (Å²) in [5.74, 6) is 1.40. The van der Waals surface area contributed by atoms with Crippen LogP contribution in [-0.4, -0.2) is 38.4 Å². The van der Waals surface area contributed by atoms with Gasteiger partial charge in [0.1, 0.15) is 12.4 Å². The molecule has 122 valence electrons. The summed E-state index contributed by atoms with van der Waals surface area (Å²) in [7, 11) is 0. The van der Waals surface area contributed by atoms with Gasteiger partial charge in [0, 0.05) is 15.6 Å². The number of hydrogen-bond acceptors (Lipinski definition) is 6. The second-order valence-corrected chi connectivity index (χ2v) is 5.80. The highest BCUT2D eigenvalue weighted by Crippen LogP contribution is 2.24. The lowest BCUT2D eigenvalue weighted by Crippen LogP contribution is -2.01. The fourth-order valence-corrected chi connectivity index (χ4v) is 2.35. The standard InChI is InChI=1S/C17H14BrN3O3/c18-13-5-1-11(2-6-13)15-19-16(21-17(23)20-15)12-3-7-14(8-4-12)24-10-9-22/h1-8,22H,9-10H2,(H,19,20,21,23). The Morgan fingerprint density at radius 1 is 0.833 bits per heavy atom. The normalized spacial score (nSPS) is 10.6. The summed E-state index contributed by atoms with van der Waals surface area (Å²) in [5.41, 5.74) is 1.50. The molecule has 0 spiro atoms. The van der Waals surface area contributed by atoms with Crippen LogP contribution in [0, 0.1) is 0 Å². The van der Waals surface area contributed by atoms with Crippen LogP contribution >= 0.6 is 15.9 Å². The number of ether oxygens (including phenoxy) is 1. The monoisotopic (exact) mass is 387 g/mol. The molecule has 3 aromatic rings. The van der Waals surface area contributed by atoms with Crippen molar-refractivity contribution in [2.75, 3.05) is 13.2 Å². The number of halogens is 1. The van der Waals surface area contributed by atoms with Crippen molar-refractivity contribution >= 4 is 15.9 Å². The number of hydrogen-bond donors (Lipinski definition) is 2. The van der Waals surface area contributed by atoms with Crippen molar-refractivity contribution in [2.45, 2.75) is 0 Å². The Bertz CT molecular complexity index is 823. The second kappa shape index (κ2) is 7.37. The number of rotatable bonds is 5. The predicted molar refractivity (Wildman–Crippen MR) is 92.6 cm³/mol. The molecule has 2 N–H and O–H groups in total. The van der Waals surface area contributed by atoms with Gasteiger partial charge in [-0.25, -0.2) is 4.98 Å². The first kappa shape index (κ1) is 16.4. The van der Waals surface area contributed by atoms with Crippen molar-refractivity contribution in [3.8, 4) is 34.5 Å². The van der Waals surface area contributed by atoms with Crippen LogP contribution in [0.25, 0.3) is 22.8 Å². The van der Waals surface area contributed by atoms with Gasteiger partial charge in [0.05, 0.1) is 6.61 Å². The first-order valence-corrected chi connectivity index (χ1v) is 8.00. The Hall–Kier alpha value is -2.51. The molecule has 3 rings (SSSR count). The van der Waals surface area contributed by atoms with Gasteiger partial charge in [0.2, 0.25) is 0 Å². The number of benzene rings is 2. The van der Waals surface area contributed by atoms with Crippen LogP contribution in [0.3, 0.4) is 0 Å². The largest absolute Gasteiger partial charge is 0.491 e. The molecule has 0 unspecified atom stereocenters. The first-order valence-electron chi connectivity index (χ1n) is 7.21. The van der Waals surface area contributed by atoms with Gasteiger partial charge in [0.15, 0.2) is 11.6 Å². The summed E-state index contributed by atoms with van der Waals surface area (Å²) in [4.78, 5) is 12.4. The Kier molecular flexibility index (Phi) is 5.02. The molecule has 2 aromatic carbocycles. The van der Waals surface area contributed by atoms with E-state index in [9.17, 15) is 5.11 Å². The van der Waals surface area contributed by atoms with Crippen LogP contribution in [0.15, 0.2) is 53.0 Å². The molecule has 0 aliphatic rings. The summed E-state index contributed by atoms with van der Waals surface area (Å²) in [6, 6.07) is 14.2. The fourth-order valence-electron chi connectivity index (χ4n) is 2.09. The molecule has 7 heteroatoms.